The van der Waals surface area contributed by atoms with Crippen molar-refractivity contribution in [2.45, 2.75) is 11.1 Å². The number of sulfonamides is 1. The summed E-state index contributed by atoms with van der Waals surface area (Å²) in [6, 6.07) is 6.43. The minimum Gasteiger partial charge on any atom is -0.464 e. The highest BCUT2D eigenvalue weighted by atomic mass is 32.2. The molecular formula is C15H12F3N3O4S. The normalized spacial score (nSPS) is 12.2. The van der Waals surface area contributed by atoms with E-state index in [1.54, 1.807) is 0 Å². The van der Waals surface area contributed by atoms with Gasteiger partial charge in [-0.25, -0.2) is 18.2 Å². The molecule has 0 spiro atoms. The van der Waals surface area contributed by atoms with Crippen molar-refractivity contribution in [3.63, 3.8) is 0 Å². The van der Waals surface area contributed by atoms with Crippen LogP contribution in [0, 0.1) is 11.3 Å². The second-order valence-corrected chi connectivity index (χ2v) is 6.96. The van der Waals surface area contributed by atoms with Gasteiger partial charge in [0.15, 0.2) is 5.69 Å². The molecule has 0 aliphatic heterocycles. The number of esters is 1. The second kappa shape index (κ2) is 7.27. The summed E-state index contributed by atoms with van der Waals surface area (Å²) >= 11 is 0. The van der Waals surface area contributed by atoms with Gasteiger partial charge < -0.3 is 4.74 Å². The Labute approximate surface area is 146 Å². The lowest BCUT2D eigenvalue weighted by Gasteiger charge is -2.21. The van der Waals surface area contributed by atoms with Gasteiger partial charge in [0.1, 0.15) is 13.1 Å². The van der Waals surface area contributed by atoms with Crippen LogP contribution in [0.4, 0.5) is 13.2 Å². The van der Waals surface area contributed by atoms with Gasteiger partial charge in [-0.1, -0.05) is 12.1 Å². The lowest BCUT2D eigenvalue weighted by molar-refractivity contribution is -0.135. The van der Waals surface area contributed by atoms with Crippen LogP contribution in [0.5, 0.6) is 0 Å². The molecule has 2 aromatic rings. The van der Waals surface area contributed by atoms with E-state index in [1.807, 2.05) is 0 Å². The molecule has 0 saturated heterocycles. The third kappa shape index (κ3) is 3.92. The SMILES string of the molecule is COC(=O)c1nccc2c(S(=O)(=O)N(CC#N)CC(F)(F)F)cccc12. The molecule has 0 amide bonds. The fourth-order valence-corrected chi connectivity index (χ4v) is 3.84. The summed E-state index contributed by atoms with van der Waals surface area (Å²) in [4.78, 5) is 15.1. The van der Waals surface area contributed by atoms with Gasteiger partial charge in [0.25, 0.3) is 0 Å². The van der Waals surface area contributed by atoms with Gasteiger partial charge in [0.2, 0.25) is 10.0 Å². The summed E-state index contributed by atoms with van der Waals surface area (Å²) in [5, 5.41) is 8.81. The van der Waals surface area contributed by atoms with Crippen molar-refractivity contribution in [1.82, 2.24) is 9.29 Å². The van der Waals surface area contributed by atoms with E-state index in [-0.39, 0.29) is 20.8 Å². The van der Waals surface area contributed by atoms with Gasteiger partial charge in [0, 0.05) is 17.0 Å². The van der Waals surface area contributed by atoms with Crippen molar-refractivity contribution in [2.75, 3.05) is 20.2 Å². The molecule has 0 atom stereocenters. The van der Waals surface area contributed by atoms with Crippen LogP contribution in [-0.2, 0) is 14.8 Å². The van der Waals surface area contributed by atoms with Crippen LogP contribution in [0.1, 0.15) is 10.5 Å². The van der Waals surface area contributed by atoms with E-state index >= 15 is 0 Å². The maximum Gasteiger partial charge on any atom is 0.402 e. The van der Waals surface area contributed by atoms with Crippen molar-refractivity contribution in [1.29, 1.82) is 5.26 Å². The molecule has 1 aromatic heterocycles. The van der Waals surface area contributed by atoms with E-state index in [2.05, 4.69) is 9.72 Å². The molecule has 1 aromatic carbocycles. The summed E-state index contributed by atoms with van der Waals surface area (Å²) in [7, 11) is -3.55. The van der Waals surface area contributed by atoms with Gasteiger partial charge in [-0.3, -0.25) is 0 Å². The molecule has 0 unspecified atom stereocenters. The van der Waals surface area contributed by atoms with Gasteiger partial charge in [-0.05, 0) is 12.1 Å². The van der Waals surface area contributed by atoms with Crippen molar-refractivity contribution < 1.29 is 31.1 Å². The number of halogens is 3. The largest absolute Gasteiger partial charge is 0.464 e. The number of nitrogens with zero attached hydrogens (tertiary/aromatic N) is 3. The molecule has 1 heterocycles. The average Bonchev–Trinajstić information content (AvgIpc) is 2.58. The number of hydrogen-bond acceptors (Lipinski definition) is 6. The van der Waals surface area contributed by atoms with Crippen molar-refractivity contribution in [3.8, 4) is 6.07 Å². The summed E-state index contributed by atoms with van der Waals surface area (Å²) in [5.41, 5.74) is -0.176. The van der Waals surface area contributed by atoms with Crippen molar-refractivity contribution in [3.05, 3.63) is 36.2 Å². The number of hydrogen-bond donors (Lipinski definition) is 0. The second-order valence-electron chi connectivity index (χ2n) is 5.05. The van der Waals surface area contributed by atoms with E-state index in [1.165, 1.54) is 24.3 Å². The zero-order valence-corrected chi connectivity index (χ0v) is 14.1. The summed E-state index contributed by atoms with van der Waals surface area (Å²) in [5.74, 6) is -0.825. The number of rotatable bonds is 5. The molecule has 0 radical (unpaired) electrons. The number of aromatic nitrogens is 1. The van der Waals surface area contributed by atoms with Gasteiger partial charge >= 0.3 is 12.1 Å². The van der Waals surface area contributed by atoms with Gasteiger partial charge in [-0.2, -0.15) is 22.7 Å². The van der Waals surface area contributed by atoms with E-state index in [0.29, 0.717) is 0 Å². The number of nitriles is 1. The molecule has 0 N–H and O–H groups in total. The standard InChI is InChI=1S/C15H12F3N3O4S/c1-25-14(22)13-11-3-2-4-12(10(11)5-7-20-13)26(23,24)21(8-6-19)9-15(16,17)18/h2-5,7H,8-9H2,1H3. The first-order valence-electron chi connectivity index (χ1n) is 7.01. The predicted molar refractivity (Wildman–Crippen MR) is 83.5 cm³/mol. The molecule has 7 nitrogen and oxygen atoms in total. The third-order valence-electron chi connectivity index (χ3n) is 3.37. The number of alkyl halides is 3. The van der Waals surface area contributed by atoms with Crippen LogP contribution in [0.15, 0.2) is 35.4 Å². The lowest BCUT2D eigenvalue weighted by atomic mass is 10.1. The Balaban J connectivity index is 2.68. The maximum atomic E-state index is 12.7. The van der Waals surface area contributed by atoms with Crippen LogP contribution in [-0.4, -0.2) is 50.1 Å². The van der Waals surface area contributed by atoms with E-state index in [9.17, 15) is 26.4 Å². The number of methoxy groups -OCH3 is 1. The Morgan fingerprint density at radius 2 is 2.00 bits per heavy atom. The van der Waals surface area contributed by atoms with Crippen molar-refractivity contribution >= 4 is 26.8 Å². The van der Waals surface area contributed by atoms with Crippen LogP contribution < -0.4 is 0 Å². The Kier molecular flexibility index (Phi) is 5.48. The Bertz CT molecular complexity index is 984. The Morgan fingerprint density at radius 3 is 2.58 bits per heavy atom. The maximum absolute atomic E-state index is 12.7. The van der Waals surface area contributed by atoms with E-state index < -0.39 is 40.2 Å². The lowest BCUT2D eigenvalue weighted by Crippen LogP contribution is -2.39. The first-order valence-corrected chi connectivity index (χ1v) is 8.45. The van der Waals surface area contributed by atoms with E-state index in [0.717, 1.165) is 19.4 Å². The highest BCUT2D eigenvalue weighted by Gasteiger charge is 2.37. The number of ether oxygens (including phenoxy) is 1. The molecule has 0 bridgehead atoms. The highest BCUT2D eigenvalue weighted by molar-refractivity contribution is 7.89. The molecular weight excluding hydrogens is 375 g/mol. The van der Waals surface area contributed by atoms with Crippen LogP contribution in [0.25, 0.3) is 10.8 Å². The minimum atomic E-state index is -4.83. The summed E-state index contributed by atoms with van der Waals surface area (Å²) in [6.07, 6.45) is -3.68. The first kappa shape index (κ1) is 19.6. The molecule has 0 fully saturated rings. The smallest absolute Gasteiger partial charge is 0.402 e. The molecule has 0 aliphatic rings. The number of pyridine rings is 1. The zero-order valence-electron chi connectivity index (χ0n) is 13.3. The number of fused-ring (bicyclic) bond motifs is 1. The quantitative estimate of drug-likeness (QED) is 0.575. The summed E-state index contributed by atoms with van der Waals surface area (Å²) < 4.78 is 68.2. The average molecular weight is 387 g/mol. The van der Waals surface area contributed by atoms with Gasteiger partial charge in [-0.15, -0.1) is 0 Å². The number of benzene rings is 1. The number of carbonyl (C=O) groups excluding carboxylic acids is 1. The Hall–Kier alpha value is -2.71. The van der Waals surface area contributed by atoms with Crippen LogP contribution >= 0.6 is 0 Å². The molecule has 11 heteroatoms. The molecule has 0 aliphatic carbocycles. The zero-order chi connectivity index (χ0) is 19.5. The van der Waals surface area contributed by atoms with E-state index in [4.69, 9.17) is 5.26 Å². The molecule has 138 valence electrons. The first-order chi connectivity index (χ1) is 12.1. The monoisotopic (exact) mass is 387 g/mol. The molecule has 2 rings (SSSR count). The topological polar surface area (TPSA) is 100 Å². The predicted octanol–water partition coefficient (Wildman–Crippen LogP) is 2.10. The van der Waals surface area contributed by atoms with Crippen LogP contribution in [0.3, 0.4) is 0 Å². The number of carbonyl (C=O) groups is 1. The minimum absolute atomic E-state index is 0.00647. The fourth-order valence-electron chi connectivity index (χ4n) is 2.31. The van der Waals surface area contributed by atoms with Gasteiger partial charge in [0.05, 0.1) is 18.1 Å². The fraction of sp³-hybridized carbons (Fsp3) is 0.267. The molecule has 0 saturated carbocycles. The molecule has 26 heavy (non-hydrogen) atoms. The third-order valence-corrected chi connectivity index (χ3v) is 5.22. The Morgan fingerprint density at radius 1 is 1.31 bits per heavy atom. The highest BCUT2D eigenvalue weighted by Crippen LogP contribution is 2.29. The summed E-state index contributed by atoms with van der Waals surface area (Å²) in [6.45, 7) is -2.79. The van der Waals surface area contributed by atoms with Crippen LogP contribution in [0.2, 0.25) is 0 Å². The van der Waals surface area contributed by atoms with Crippen molar-refractivity contribution in [2.24, 2.45) is 0 Å².